The van der Waals surface area contributed by atoms with Gasteiger partial charge in [0.2, 0.25) is 0 Å². The highest BCUT2D eigenvalue weighted by molar-refractivity contribution is 6.36. The number of anilines is 1. The van der Waals surface area contributed by atoms with Crippen LogP contribution in [0.1, 0.15) is 23.0 Å². The van der Waals surface area contributed by atoms with Crippen molar-refractivity contribution in [3.63, 3.8) is 0 Å². The summed E-state index contributed by atoms with van der Waals surface area (Å²) in [7, 11) is 0. The summed E-state index contributed by atoms with van der Waals surface area (Å²) in [6.07, 6.45) is 0. The normalized spacial score (nSPS) is 10.3. The maximum Gasteiger partial charge on any atom is 0.338 e. The zero-order valence-electron chi connectivity index (χ0n) is 14.8. The number of aromatic nitrogens is 1. The van der Waals surface area contributed by atoms with Crippen molar-refractivity contribution in [2.45, 2.75) is 13.8 Å². The summed E-state index contributed by atoms with van der Waals surface area (Å²) in [4.78, 5) is 38.5. The minimum absolute atomic E-state index is 0.0283. The Morgan fingerprint density at radius 3 is 2.61 bits per heavy atom. The van der Waals surface area contributed by atoms with Gasteiger partial charge < -0.3 is 14.8 Å². The summed E-state index contributed by atoms with van der Waals surface area (Å²) in [5.74, 6) is -1.50. The van der Waals surface area contributed by atoms with Crippen LogP contribution in [-0.2, 0) is 9.53 Å². The van der Waals surface area contributed by atoms with Crippen LogP contribution in [-0.4, -0.2) is 35.0 Å². The first-order chi connectivity index (χ1) is 13.2. The second-order valence-electron chi connectivity index (χ2n) is 5.38. The van der Waals surface area contributed by atoms with E-state index in [-0.39, 0.29) is 34.4 Å². The average molecular weight is 428 g/mol. The highest BCUT2D eigenvalue weighted by Crippen LogP contribution is 2.28. The van der Waals surface area contributed by atoms with Crippen LogP contribution in [0.5, 0.6) is 5.75 Å². The molecule has 1 heterocycles. The fraction of sp³-hybridized carbons (Fsp3) is 0.235. The number of rotatable bonds is 7. The van der Waals surface area contributed by atoms with Gasteiger partial charge in [-0.15, -0.1) is 0 Å². The predicted molar refractivity (Wildman–Crippen MR) is 102 cm³/mol. The number of nitrogens with zero attached hydrogens (tertiary/aromatic N) is 2. The van der Waals surface area contributed by atoms with E-state index in [4.69, 9.17) is 32.7 Å². The number of carbonyl (C=O) groups is 2. The van der Waals surface area contributed by atoms with Crippen molar-refractivity contribution in [1.29, 1.82) is 0 Å². The van der Waals surface area contributed by atoms with Gasteiger partial charge in [0.15, 0.2) is 18.2 Å². The van der Waals surface area contributed by atoms with Gasteiger partial charge in [-0.2, -0.15) is 0 Å². The van der Waals surface area contributed by atoms with Crippen LogP contribution in [0.15, 0.2) is 24.3 Å². The monoisotopic (exact) mass is 427 g/mol. The van der Waals surface area contributed by atoms with Gasteiger partial charge in [0, 0.05) is 6.07 Å². The molecule has 1 amide bonds. The first kappa shape index (κ1) is 21.4. The Morgan fingerprint density at radius 2 is 1.96 bits per heavy atom. The molecule has 0 unspecified atom stereocenters. The fourth-order valence-electron chi connectivity index (χ4n) is 2.09. The second kappa shape index (κ2) is 9.34. The summed E-state index contributed by atoms with van der Waals surface area (Å²) in [6.45, 7) is 2.89. The number of nitro groups is 1. The molecule has 2 aromatic rings. The van der Waals surface area contributed by atoms with Crippen molar-refractivity contribution in [3.8, 4) is 5.75 Å². The van der Waals surface area contributed by atoms with Crippen molar-refractivity contribution in [2.75, 3.05) is 18.5 Å². The Hall–Kier alpha value is -2.91. The number of hydrogen-bond acceptors (Lipinski definition) is 7. The molecule has 0 atom stereocenters. The van der Waals surface area contributed by atoms with Gasteiger partial charge in [0.25, 0.3) is 5.91 Å². The largest absolute Gasteiger partial charge is 0.487 e. The quantitative estimate of drug-likeness (QED) is 0.405. The first-order valence-electron chi connectivity index (χ1n) is 7.93. The molecule has 0 bridgehead atoms. The summed E-state index contributed by atoms with van der Waals surface area (Å²) in [5.41, 5.74) is -0.0186. The minimum atomic E-state index is -0.910. The molecule has 148 valence electrons. The molecule has 0 fully saturated rings. The number of benzene rings is 1. The van der Waals surface area contributed by atoms with E-state index < -0.39 is 23.4 Å². The Morgan fingerprint density at radius 1 is 1.25 bits per heavy atom. The van der Waals surface area contributed by atoms with Gasteiger partial charge in [-0.1, -0.05) is 23.2 Å². The molecule has 1 aromatic heterocycles. The SMILES string of the molecule is CCOc1ccc(C(=O)OCC(=O)Nc2nc(C)c(Cl)cc2Cl)cc1[N+](=O)[O-]. The lowest BCUT2D eigenvalue weighted by Gasteiger charge is -2.09. The van der Waals surface area contributed by atoms with E-state index >= 15 is 0 Å². The van der Waals surface area contributed by atoms with Crippen LogP contribution in [0.25, 0.3) is 0 Å². The van der Waals surface area contributed by atoms with E-state index in [1.165, 1.54) is 18.2 Å². The molecule has 0 aliphatic heterocycles. The van der Waals surface area contributed by atoms with Gasteiger partial charge in [-0.25, -0.2) is 9.78 Å². The molecule has 0 aliphatic rings. The summed E-state index contributed by atoms with van der Waals surface area (Å²) >= 11 is 11.8. The highest BCUT2D eigenvalue weighted by atomic mass is 35.5. The van der Waals surface area contributed by atoms with E-state index in [1.54, 1.807) is 13.8 Å². The van der Waals surface area contributed by atoms with E-state index in [0.29, 0.717) is 10.7 Å². The van der Waals surface area contributed by atoms with Crippen molar-refractivity contribution < 1.29 is 24.0 Å². The molecule has 0 saturated carbocycles. The number of pyridine rings is 1. The third kappa shape index (κ3) is 5.30. The summed E-state index contributed by atoms with van der Waals surface area (Å²) in [5, 5.41) is 14.0. The molecule has 1 aromatic carbocycles. The Balaban J connectivity index is 2.03. The number of ether oxygens (including phenoxy) is 2. The van der Waals surface area contributed by atoms with Gasteiger partial charge in [0.05, 0.1) is 32.8 Å². The lowest BCUT2D eigenvalue weighted by molar-refractivity contribution is -0.385. The van der Waals surface area contributed by atoms with Crippen LogP contribution < -0.4 is 10.1 Å². The zero-order chi connectivity index (χ0) is 20.8. The second-order valence-corrected chi connectivity index (χ2v) is 6.20. The Labute approximate surface area is 169 Å². The van der Waals surface area contributed by atoms with Crippen LogP contribution in [0.2, 0.25) is 10.0 Å². The molecular weight excluding hydrogens is 413 g/mol. The molecule has 9 nitrogen and oxygen atoms in total. The smallest absolute Gasteiger partial charge is 0.338 e. The number of carbonyl (C=O) groups excluding carboxylic acids is 2. The number of aryl methyl sites for hydroxylation is 1. The van der Waals surface area contributed by atoms with Crippen molar-refractivity contribution in [2.24, 2.45) is 0 Å². The number of nitro benzene ring substituents is 1. The van der Waals surface area contributed by atoms with E-state index in [9.17, 15) is 19.7 Å². The molecule has 28 heavy (non-hydrogen) atoms. The molecule has 0 radical (unpaired) electrons. The first-order valence-corrected chi connectivity index (χ1v) is 8.69. The van der Waals surface area contributed by atoms with Crippen molar-refractivity contribution in [3.05, 3.63) is 55.7 Å². The van der Waals surface area contributed by atoms with Gasteiger partial charge in [-0.3, -0.25) is 14.9 Å². The molecule has 11 heteroatoms. The number of nitrogens with one attached hydrogen (secondary N) is 1. The summed E-state index contributed by atoms with van der Waals surface area (Å²) in [6, 6.07) is 5.04. The number of amides is 1. The Kier molecular flexibility index (Phi) is 7.13. The topological polar surface area (TPSA) is 121 Å². The van der Waals surface area contributed by atoms with Gasteiger partial charge in [0.1, 0.15) is 0 Å². The van der Waals surface area contributed by atoms with Crippen LogP contribution in [0.3, 0.4) is 0 Å². The third-order valence-electron chi connectivity index (χ3n) is 3.39. The van der Waals surface area contributed by atoms with Crippen molar-refractivity contribution >= 4 is 46.6 Å². The molecule has 0 saturated heterocycles. The highest BCUT2D eigenvalue weighted by Gasteiger charge is 2.20. The third-order valence-corrected chi connectivity index (χ3v) is 4.06. The predicted octanol–water partition coefficient (Wildman–Crippen LogP) is 3.80. The average Bonchev–Trinajstić information content (AvgIpc) is 2.64. The number of hydrogen-bond donors (Lipinski definition) is 1. The fourth-order valence-corrected chi connectivity index (χ4v) is 2.50. The van der Waals surface area contributed by atoms with Crippen LogP contribution in [0, 0.1) is 17.0 Å². The molecular formula is C17H15Cl2N3O6. The molecule has 1 N–H and O–H groups in total. The minimum Gasteiger partial charge on any atom is -0.487 e. The lowest BCUT2D eigenvalue weighted by atomic mass is 10.2. The van der Waals surface area contributed by atoms with Gasteiger partial charge >= 0.3 is 11.7 Å². The maximum atomic E-state index is 12.1. The zero-order valence-corrected chi connectivity index (χ0v) is 16.3. The maximum absolute atomic E-state index is 12.1. The van der Waals surface area contributed by atoms with E-state index in [1.807, 2.05) is 0 Å². The van der Waals surface area contributed by atoms with Gasteiger partial charge in [-0.05, 0) is 32.0 Å². The summed E-state index contributed by atoms with van der Waals surface area (Å²) < 4.78 is 10.0. The lowest BCUT2D eigenvalue weighted by Crippen LogP contribution is -2.22. The molecule has 2 rings (SSSR count). The van der Waals surface area contributed by atoms with Crippen LogP contribution in [0.4, 0.5) is 11.5 Å². The van der Waals surface area contributed by atoms with E-state index in [0.717, 1.165) is 6.07 Å². The number of esters is 1. The molecule has 0 aliphatic carbocycles. The number of halogens is 2. The van der Waals surface area contributed by atoms with E-state index in [2.05, 4.69) is 10.3 Å². The molecule has 0 spiro atoms. The standard InChI is InChI=1S/C17H15Cl2N3O6/c1-3-27-14-5-4-10(6-13(14)22(25)26)17(24)28-8-15(23)21-16-12(19)7-11(18)9(2)20-16/h4-7H,3,8H2,1-2H3,(H,20,21,23). The van der Waals surface area contributed by atoms with Crippen LogP contribution >= 0.6 is 23.2 Å². The van der Waals surface area contributed by atoms with Crippen molar-refractivity contribution in [1.82, 2.24) is 4.98 Å². The Bertz CT molecular complexity index is 935.